The highest BCUT2D eigenvalue weighted by Crippen LogP contribution is 2.31. The summed E-state index contributed by atoms with van der Waals surface area (Å²) in [5.74, 6) is 0.588. The summed E-state index contributed by atoms with van der Waals surface area (Å²) in [5, 5.41) is 3.39. The number of hydrogen-bond acceptors (Lipinski definition) is 4. The highest BCUT2D eigenvalue weighted by molar-refractivity contribution is 6.30. The molecule has 2 amide bonds. The lowest BCUT2D eigenvalue weighted by Gasteiger charge is -2.27. The number of nitrogens with one attached hydrogen (secondary N) is 1. The third kappa shape index (κ3) is 5.64. The second kappa shape index (κ2) is 10.2. The van der Waals surface area contributed by atoms with Gasteiger partial charge in [0.25, 0.3) is 5.91 Å². The van der Waals surface area contributed by atoms with Crippen molar-refractivity contribution in [3.05, 3.63) is 58.6 Å². The van der Waals surface area contributed by atoms with E-state index in [1.165, 1.54) is 0 Å². The molecule has 0 fully saturated rings. The maximum Gasteiger partial charge on any atom is 0.251 e. The van der Waals surface area contributed by atoms with E-state index in [1.54, 1.807) is 56.5 Å². The summed E-state index contributed by atoms with van der Waals surface area (Å²) < 4.78 is 10.8. The lowest BCUT2D eigenvalue weighted by molar-refractivity contribution is -0.133. The van der Waals surface area contributed by atoms with Gasteiger partial charge in [0.05, 0.1) is 14.2 Å². The topological polar surface area (TPSA) is 67.9 Å². The molecule has 1 atom stereocenters. The molecular weight excluding hydrogens is 392 g/mol. The summed E-state index contributed by atoms with van der Waals surface area (Å²) in [7, 11) is 4.83. The number of para-hydroxylation sites is 1. The quantitative estimate of drug-likeness (QED) is 0.708. The molecule has 1 unspecified atom stereocenters. The van der Waals surface area contributed by atoms with Crippen molar-refractivity contribution < 1.29 is 19.1 Å². The number of benzene rings is 2. The van der Waals surface area contributed by atoms with E-state index in [0.717, 1.165) is 5.56 Å². The number of amides is 2. The van der Waals surface area contributed by atoms with Crippen molar-refractivity contribution in [2.45, 2.75) is 26.4 Å². The smallest absolute Gasteiger partial charge is 0.251 e. The first-order valence-electron chi connectivity index (χ1n) is 9.29. The number of nitrogens with zero attached hydrogens (tertiary/aromatic N) is 1. The molecule has 1 N–H and O–H groups in total. The van der Waals surface area contributed by atoms with E-state index in [1.807, 2.05) is 26.0 Å². The summed E-state index contributed by atoms with van der Waals surface area (Å²) in [6, 6.07) is 11.4. The van der Waals surface area contributed by atoms with Gasteiger partial charge >= 0.3 is 0 Å². The fraction of sp³-hybridized carbons (Fsp3) is 0.364. The Labute approximate surface area is 176 Å². The number of carbonyl (C=O) groups is 2. The fourth-order valence-electron chi connectivity index (χ4n) is 2.99. The van der Waals surface area contributed by atoms with Crippen LogP contribution in [0.4, 0.5) is 0 Å². The van der Waals surface area contributed by atoms with E-state index in [4.69, 9.17) is 21.1 Å². The average molecular weight is 419 g/mol. The number of hydrogen-bond donors (Lipinski definition) is 1. The van der Waals surface area contributed by atoms with Crippen LogP contribution < -0.4 is 14.8 Å². The minimum atomic E-state index is -0.667. The normalized spacial score (nSPS) is 11.7. The molecule has 0 aliphatic carbocycles. The maximum atomic E-state index is 13.1. The zero-order valence-corrected chi connectivity index (χ0v) is 18.1. The van der Waals surface area contributed by atoms with Crippen LogP contribution >= 0.6 is 11.6 Å². The van der Waals surface area contributed by atoms with Crippen molar-refractivity contribution in [2.24, 2.45) is 5.92 Å². The standard InChI is InChI=1S/C22H27ClN2O4/c1-14(2)19(24-21(26)15-9-11-17(23)12-10-15)22(27)25(3)13-16-7-6-8-18(28-4)20(16)29-5/h6-12,14,19H,13H2,1-5H3,(H,24,26). The van der Waals surface area contributed by atoms with E-state index in [2.05, 4.69) is 5.32 Å². The first kappa shape index (κ1) is 22.6. The first-order valence-corrected chi connectivity index (χ1v) is 9.67. The Bertz CT molecular complexity index is 852. The van der Waals surface area contributed by atoms with Crippen LogP contribution in [0.15, 0.2) is 42.5 Å². The van der Waals surface area contributed by atoms with Gasteiger partial charge < -0.3 is 19.7 Å². The number of rotatable bonds is 8. The first-order chi connectivity index (χ1) is 13.8. The molecule has 0 heterocycles. The minimum absolute atomic E-state index is 0.0894. The number of ether oxygens (including phenoxy) is 2. The highest BCUT2D eigenvalue weighted by Gasteiger charge is 2.28. The van der Waals surface area contributed by atoms with Gasteiger partial charge in [-0.3, -0.25) is 9.59 Å². The summed E-state index contributed by atoms with van der Waals surface area (Å²) >= 11 is 5.88. The van der Waals surface area contributed by atoms with Gasteiger partial charge in [0.1, 0.15) is 6.04 Å². The number of halogens is 1. The van der Waals surface area contributed by atoms with Crippen molar-refractivity contribution in [3.8, 4) is 11.5 Å². The molecule has 0 aliphatic rings. The summed E-state index contributed by atoms with van der Waals surface area (Å²) in [5.41, 5.74) is 1.26. The largest absolute Gasteiger partial charge is 0.493 e. The number of methoxy groups -OCH3 is 2. The van der Waals surface area contributed by atoms with Gasteiger partial charge in [-0.1, -0.05) is 37.6 Å². The molecule has 0 aromatic heterocycles. The lowest BCUT2D eigenvalue weighted by atomic mass is 10.0. The van der Waals surface area contributed by atoms with Crippen LogP contribution in [-0.4, -0.2) is 44.0 Å². The summed E-state index contributed by atoms with van der Waals surface area (Å²) in [6.45, 7) is 4.11. The average Bonchev–Trinajstić information content (AvgIpc) is 2.71. The molecule has 2 aromatic carbocycles. The van der Waals surface area contributed by atoms with Crippen molar-refractivity contribution in [2.75, 3.05) is 21.3 Å². The van der Waals surface area contributed by atoms with Gasteiger partial charge in [-0.25, -0.2) is 0 Å². The van der Waals surface area contributed by atoms with Crippen molar-refractivity contribution in [1.82, 2.24) is 10.2 Å². The van der Waals surface area contributed by atoms with Crippen LogP contribution in [0.5, 0.6) is 11.5 Å². The van der Waals surface area contributed by atoms with Crippen molar-refractivity contribution in [3.63, 3.8) is 0 Å². The monoisotopic (exact) mass is 418 g/mol. The number of carbonyl (C=O) groups excluding carboxylic acids is 2. The van der Waals surface area contributed by atoms with Crippen LogP contribution in [0.2, 0.25) is 5.02 Å². The van der Waals surface area contributed by atoms with Gasteiger partial charge in [0.15, 0.2) is 11.5 Å². The minimum Gasteiger partial charge on any atom is -0.493 e. The summed E-state index contributed by atoms with van der Waals surface area (Å²) in [6.07, 6.45) is 0. The van der Waals surface area contributed by atoms with Gasteiger partial charge in [-0.2, -0.15) is 0 Å². The predicted molar refractivity (Wildman–Crippen MR) is 114 cm³/mol. The zero-order valence-electron chi connectivity index (χ0n) is 17.4. The Kier molecular flexibility index (Phi) is 7.91. The maximum absolute atomic E-state index is 13.1. The molecular formula is C22H27ClN2O4. The van der Waals surface area contributed by atoms with Crippen LogP contribution in [0, 0.1) is 5.92 Å². The van der Waals surface area contributed by atoms with E-state index in [9.17, 15) is 9.59 Å². The number of likely N-dealkylation sites (N-methyl/N-ethyl adjacent to an activating group) is 1. The van der Waals surface area contributed by atoms with E-state index in [0.29, 0.717) is 28.6 Å². The Balaban J connectivity index is 2.16. The van der Waals surface area contributed by atoms with Crippen LogP contribution in [-0.2, 0) is 11.3 Å². The molecule has 6 nitrogen and oxygen atoms in total. The van der Waals surface area contributed by atoms with Crippen LogP contribution in [0.25, 0.3) is 0 Å². The fourth-order valence-corrected chi connectivity index (χ4v) is 3.11. The Morgan fingerprint density at radius 3 is 2.28 bits per heavy atom. The lowest BCUT2D eigenvalue weighted by Crippen LogP contribution is -2.50. The molecule has 156 valence electrons. The third-order valence-electron chi connectivity index (χ3n) is 4.59. The van der Waals surface area contributed by atoms with E-state index >= 15 is 0 Å². The molecule has 7 heteroatoms. The molecule has 0 aliphatic heterocycles. The molecule has 0 radical (unpaired) electrons. The Morgan fingerprint density at radius 1 is 1.07 bits per heavy atom. The zero-order chi connectivity index (χ0) is 21.6. The Hall–Kier alpha value is -2.73. The summed E-state index contributed by atoms with van der Waals surface area (Å²) in [4.78, 5) is 27.2. The van der Waals surface area contributed by atoms with Gasteiger partial charge in [-0.05, 0) is 36.2 Å². The molecule has 0 saturated heterocycles. The molecule has 0 bridgehead atoms. The highest BCUT2D eigenvalue weighted by atomic mass is 35.5. The second-order valence-corrected chi connectivity index (χ2v) is 7.49. The van der Waals surface area contributed by atoms with Gasteiger partial charge in [-0.15, -0.1) is 0 Å². The SMILES string of the molecule is COc1cccc(CN(C)C(=O)C(NC(=O)c2ccc(Cl)cc2)C(C)C)c1OC. The molecule has 0 saturated carbocycles. The van der Waals surface area contributed by atoms with E-state index in [-0.39, 0.29) is 17.7 Å². The van der Waals surface area contributed by atoms with Gasteiger partial charge in [0, 0.05) is 29.7 Å². The molecule has 29 heavy (non-hydrogen) atoms. The van der Waals surface area contributed by atoms with Crippen LogP contribution in [0.1, 0.15) is 29.8 Å². The van der Waals surface area contributed by atoms with E-state index < -0.39 is 6.04 Å². The molecule has 2 aromatic rings. The van der Waals surface area contributed by atoms with Crippen LogP contribution in [0.3, 0.4) is 0 Å². The van der Waals surface area contributed by atoms with Crippen molar-refractivity contribution in [1.29, 1.82) is 0 Å². The van der Waals surface area contributed by atoms with Gasteiger partial charge in [0.2, 0.25) is 5.91 Å². The molecule has 2 rings (SSSR count). The predicted octanol–water partition coefficient (Wildman–Crippen LogP) is 3.77. The third-order valence-corrected chi connectivity index (χ3v) is 4.85. The molecule has 0 spiro atoms. The second-order valence-electron chi connectivity index (χ2n) is 7.05. The van der Waals surface area contributed by atoms with Crippen molar-refractivity contribution >= 4 is 23.4 Å². The Morgan fingerprint density at radius 2 is 1.72 bits per heavy atom.